The van der Waals surface area contributed by atoms with Crippen LogP contribution in [-0.4, -0.2) is 22.6 Å². The van der Waals surface area contributed by atoms with Gasteiger partial charge in [0.15, 0.2) is 0 Å². The third kappa shape index (κ3) is 1.73. The maximum absolute atomic E-state index is 12.2. The average molecular weight is 242 g/mol. The minimum atomic E-state index is -0.149. The number of benzene rings is 1. The van der Waals surface area contributed by atoms with E-state index >= 15 is 0 Å². The van der Waals surface area contributed by atoms with Gasteiger partial charge in [0.2, 0.25) is 5.91 Å². The maximum Gasteiger partial charge on any atom is 0.234 e. The van der Waals surface area contributed by atoms with Crippen LogP contribution in [0, 0.1) is 6.92 Å². The van der Waals surface area contributed by atoms with Crippen LogP contribution in [0.5, 0.6) is 0 Å². The number of nitrogens with zero attached hydrogens (tertiary/aromatic N) is 1. The summed E-state index contributed by atoms with van der Waals surface area (Å²) < 4.78 is 0. The highest BCUT2D eigenvalue weighted by atomic mass is 16.2. The Hall–Kier alpha value is -2.30. The summed E-state index contributed by atoms with van der Waals surface area (Å²) in [7, 11) is 0. The Bertz CT molecular complexity index is 590. The molecule has 0 fully saturated rings. The fraction of sp³-hybridized carbons (Fsp3) is 0.231. The lowest BCUT2D eigenvalue weighted by molar-refractivity contribution is -0.117. The van der Waals surface area contributed by atoms with E-state index in [2.05, 4.69) is 20.8 Å². The number of H-pyrrole nitrogens is 1. The topological polar surface area (TPSA) is 69.8 Å². The summed E-state index contributed by atoms with van der Waals surface area (Å²) in [5, 5.41) is 12.8. The van der Waals surface area contributed by atoms with E-state index in [9.17, 15) is 4.79 Å². The van der Waals surface area contributed by atoms with Crippen molar-refractivity contribution in [3.63, 3.8) is 0 Å². The zero-order chi connectivity index (χ0) is 12.5. The van der Waals surface area contributed by atoms with Crippen molar-refractivity contribution in [2.75, 3.05) is 17.2 Å². The van der Waals surface area contributed by atoms with Gasteiger partial charge in [-0.1, -0.05) is 18.2 Å². The number of aromatic nitrogens is 2. The molecule has 3 rings (SSSR count). The molecule has 1 unspecified atom stereocenters. The maximum atomic E-state index is 12.2. The largest absolute Gasteiger partial charge is 0.384 e. The first-order valence-corrected chi connectivity index (χ1v) is 5.89. The predicted molar refractivity (Wildman–Crippen MR) is 69.6 cm³/mol. The minimum Gasteiger partial charge on any atom is -0.384 e. The molecule has 1 aliphatic heterocycles. The number of amides is 1. The van der Waals surface area contributed by atoms with Gasteiger partial charge in [0.25, 0.3) is 0 Å². The van der Waals surface area contributed by atoms with Crippen LogP contribution in [0.3, 0.4) is 0 Å². The van der Waals surface area contributed by atoms with Crippen LogP contribution in [0.4, 0.5) is 11.5 Å². The number of anilines is 2. The molecule has 0 aliphatic carbocycles. The van der Waals surface area contributed by atoms with Gasteiger partial charge in [-0.15, -0.1) is 0 Å². The van der Waals surface area contributed by atoms with E-state index in [1.54, 1.807) is 6.20 Å². The third-order valence-electron chi connectivity index (χ3n) is 3.23. The van der Waals surface area contributed by atoms with Crippen LogP contribution in [0.1, 0.15) is 17.0 Å². The molecule has 0 saturated carbocycles. The molecule has 1 atom stereocenters. The van der Waals surface area contributed by atoms with E-state index in [-0.39, 0.29) is 11.8 Å². The van der Waals surface area contributed by atoms with Crippen molar-refractivity contribution < 1.29 is 4.79 Å². The Balaban J connectivity index is 1.81. The minimum absolute atomic E-state index is 0.0141. The molecule has 92 valence electrons. The molecule has 0 saturated heterocycles. The normalized spacial score (nSPS) is 17.1. The molecule has 2 aromatic rings. The SMILES string of the molecule is Cc1cn[nH]c1NC(=O)C1CNc2ccccc21. The summed E-state index contributed by atoms with van der Waals surface area (Å²) in [6, 6.07) is 7.89. The summed E-state index contributed by atoms with van der Waals surface area (Å²) in [5.74, 6) is 0.507. The molecule has 18 heavy (non-hydrogen) atoms. The number of para-hydroxylation sites is 1. The lowest BCUT2D eigenvalue weighted by Gasteiger charge is -2.10. The van der Waals surface area contributed by atoms with Gasteiger partial charge in [-0.05, 0) is 18.6 Å². The number of nitrogens with one attached hydrogen (secondary N) is 3. The first-order chi connectivity index (χ1) is 8.75. The van der Waals surface area contributed by atoms with Gasteiger partial charge in [-0.25, -0.2) is 0 Å². The molecule has 0 spiro atoms. The molecular formula is C13H14N4O. The fourth-order valence-electron chi connectivity index (χ4n) is 2.20. The Kier molecular flexibility index (Phi) is 2.51. The molecule has 1 amide bonds. The molecule has 1 aliphatic rings. The van der Waals surface area contributed by atoms with Crippen molar-refractivity contribution in [3.8, 4) is 0 Å². The van der Waals surface area contributed by atoms with Gasteiger partial charge in [0.05, 0.1) is 12.1 Å². The Morgan fingerprint density at radius 2 is 2.28 bits per heavy atom. The van der Waals surface area contributed by atoms with Crippen LogP contribution < -0.4 is 10.6 Å². The highest BCUT2D eigenvalue weighted by Crippen LogP contribution is 2.31. The molecule has 5 nitrogen and oxygen atoms in total. The number of fused-ring (bicyclic) bond motifs is 1. The fourth-order valence-corrected chi connectivity index (χ4v) is 2.20. The first-order valence-electron chi connectivity index (χ1n) is 5.89. The zero-order valence-corrected chi connectivity index (χ0v) is 10.0. The molecule has 1 aromatic carbocycles. The van der Waals surface area contributed by atoms with Crippen molar-refractivity contribution in [2.24, 2.45) is 0 Å². The first kappa shape index (κ1) is 10.8. The quantitative estimate of drug-likeness (QED) is 0.753. The monoisotopic (exact) mass is 242 g/mol. The summed E-state index contributed by atoms with van der Waals surface area (Å²) in [6.07, 6.45) is 1.69. The van der Waals surface area contributed by atoms with Crippen LogP contribution in [-0.2, 0) is 4.79 Å². The number of rotatable bonds is 2. The number of aryl methyl sites for hydroxylation is 1. The van der Waals surface area contributed by atoms with Crippen molar-refractivity contribution in [1.29, 1.82) is 0 Å². The van der Waals surface area contributed by atoms with Gasteiger partial charge in [0, 0.05) is 17.8 Å². The summed E-state index contributed by atoms with van der Waals surface area (Å²) in [5.41, 5.74) is 3.02. The van der Waals surface area contributed by atoms with E-state index in [0.29, 0.717) is 12.4 Å². The summed E-state index contributed by atoms with van der Waals surface area (Å²) in [4.78, 5) is 12.2. The Morgan fingerprint density at radius 1 is 1.44 bits per heavy atom. The second-order valence-corrected chi connectivity index (χ2v) is 4.44. The average Bonchev–Trinajstić information content (AvgIpc) is 2.96. The number of carbonyl (C=O) groups excluding carboxylic acids is 1. The van der Waals surface area contributed by atoms with E-state index in [0.717, 1.165) is 16.8 Å². The van der Waals surface area contributed by atoms with Crippen molar-refractivity contribution in [3.05, 3.63) is 41.6 Å². The van der Waals surface area contributed by atoms with E-state index < -0.39 is 0 Å². The van der Waals surface area contributed by atoms with Gasteiger partial charge in [-0.3, -0.25) is 9.89 Å². The van der Waals surface area contributed by atoms with Crippen molar-refractivity contribution in [2.45, 2.75) is 12.8 Å². The number of hydrogen-bond donors (Lipinski definition) is 3. The van der Waals surface area contributed by atoms with Gasteiger partial charge in [-0.2, -0.15) is 5.10 Å². The van der Waals surface area contributed by atoms with Crippen LogP contribution in [0.2, 0.25) is 0 Å². The molecular weight excluding hydrogens is 228 g/mol. The standard InChI is InChI=1S/C13H14N4O/c1-8-6-15-17-12(8)16-13(18)10-7-14-11-5-3-2-4-9(10)11/h2-6,10,14H,7H2,1H3,(H2,15,16,17,18). The molecule has 1 aromatic heterocycles. The van der Waals surface area contributed by atoms with E-state index in [4.69, 9.17) is 0 Å². The number of hydrogen-bond acceptors (Lipinski definition) is 3. The molecule has 5 heteroatoms. The smallest absolute Gasteiger partial charge is 0.234 e. The van der Waals surface area contributed by atoms with Gasteiger partial charge >= 0.3 is 0 Å². The van der Waals surface area contributed by atoms with Crippen molar-refractivity contribution in [1.82, 2.24) is 10.2 Å². The van der Waals surface area contributed by atoms with Crippen LogP contribution in [0.15, 0.2) is 30.5 Å². The van der Waals surface area contributed by atoms with E-state index in [1.165, 1.54) is 0 Å². The highest BCUT2D eigenvalue weighted by Gasteiger charge is 2.28. The Morgan fingerprint density at radius 3 is 3.06 bits per heavy atom. The second-order valence-electron chi connectivity index (χ2n) is 4.44. The second kappa shape index (κ2) is 4.18. The lowest BCUT2D eigenvalue weighted by atomic mass is 10.0. The molecule has 2 heterocycles. The Labute approximate surface area is 105 Å². The molecule has 0 bridgehead atoms. The highest BCUT2D eigenvalue weighted by molar-refractivity contribution is 5.98. The zero-order valence-electron chi connectivity index (χ0n) is 10.0. The van der Waals surface area contributed by atoms with Gasteiger partial charge < -0.3 is 10.6 Å². The number of aromatic amines is 1. The lowest BCUT2D eigenvalue weighted by Crippen LogP contribution is -2.23. The van der Waals surface area contributed by atoms with Crippen molar-refractivity contribution >= 4 is 17.4 Å². The van der Waals surface area contributed by atoms with Crippen LogP contribution >= 0.6 is 0 Å². The number of carbonyl (C=O) groups is 1. The summed E-state index contributed by atoms with van der Waals surface area (Å²) in [6.45, 7) is 2.54. The van der Waals surface area contributed by atoms with Crippen LogP contribution in [0.25, 0.3) is 0 Å². The van der Waals surface area contributed by atoms with Gasteiger partial charge in [0.1, 0.15) is 5.82 Å². The predicted octanol–water partition coefficient (Wildman–Crippen LogP) is 1.87. The van der Waals surface area contributed by atoms with E-state index in [1.807, 2.05) is 31.2 Å². The summed E-state index contributed by atoms with van der Waals surface area (Å²) >= 11 is 0. The molecule has 0 radical (unpaired) electrons. The molecule has 3 N–H and O–H groups in total. The third-order valence-corrected chi connectivity index (χ3v) is 3.23.